The molecule has 0 aliphatic heterocycles. The summed E-state index contributed by atoms with van der Waals surface area (Å²) in [6.45, 7) is 12.5. The lowest BCUT2D eigenvalue weighted by Gasteiger charge is -2.35. The van der Waals surface area contributed by atoms with Crippen LogP contribution in [0.5, 0.6) is 0 Å². The number of amides is 1. The van der Waals surface area contributed by atoms with Crippen LogP contribution in [0, 0.1) is 5.41 Å². The average molecular weight is 292 g/mol. The van der Waals surface area contributed by atoms with E-state index in [4.69, 9.17) is 5.84 Å². The number of nitrogens with two attached hydrogens (primary N) is 1. The number of aromatic nitrogens is 1. The number of pyridine rings is 1. The quantitative estimate of drug-likeness (QED) is 0.661. The van der Waals surface area contributed by atoms with E-state index in [1.54, 1.807) is 11.0 Å². The number of nitrogens with zero attached hydrogens (tertiary/aromatic N) is 2. The van der Waals surface area contributed by atoms with Crippen molar-refractivity contribution in [2.24, 2.45) is 11.3 Å². The molecule has 0 radical (unpaired) electrons. The van der Waals surface area contributed by atoms with Gasteiger partial charge < -0.3 is 10.3 Å². The smallest absolute Gasteiger partial charge is 0.254 e. The van der Waals surface area contributed by atoms with Crippen LogP contribution in [-0.4, -0.2) is 28.9 Å². The maximum atomic E-state index is 12.7. The lowest BCUT2D eigenvalue weighted by atomic mass is 9.87. The van der Waals surface area contributed by atoms with Gasteiger partial charge in [-0.3, -0.25) is 4.79 Å². The van der Waals surface area contributed by atoms with Crippen LogP contribution in [-0.2, 0) is 0 Å². The Hall–Kier alpha value is -1.62. The zero-order valence-corrected chi connectivity index (χ0v) is 14.2. The monoisotopic (exact) mass is 292 g/mol. The Labute approximate surface area is 127 Å². The molecule has 1 aromatic rings. The van der Waals surface area contributed by atoms with Crippen LogP contribution in [0.25, 0.3) is 0 Å². The Bertz CT molecular complexity index is 505. The highest BCUT2D eigenvalue weighted by molar-refractivity contribution is 5.95. The fourth-order valence-electron chi connectivity index (χ4n) is 2.01. The zero-order valence-electron chi connectivity index (χ0n) is 14.2. The van der Waals surface area contributed by atoms with E-state index in [1.807, 2.05) is 27.0 Å². The Morgan fingerprint density at radius 1 is 1.29 bits per heavy atom. The van der Waals surface area contributed by atoms with E-state index >= 15 is 0 Å². The predicted molar refractivity (Wildman–Crippen MR) is 87.1 cm³/mol. The van der Waals surface area contributed by atoms with Gasteiger partial charge in [-0.2, -0.15) is 0 Å². The van der Waals surface area contributed by atoms with Gasteiger partial charge in [0.2, 0.25) is 0 Å². The first kappa shape index (κ1) is 17.4. The minimum absolute atomic E-state index is 0.0155. The van der Waals surface area contributed by atoms with Gasteiger partial charge in [0, 0.05) is 24.3 Å². The molecule has 0 spiro atoms. The molecule has 0 saturated heterocycles. The summed E-state index contributed by atoms with van der Waals surface area (Å²) in [5.74, 6) is 6.19. The number of carbonyl (C=O) groups is 1. The molecule has 5 heteroatoms. The normalized spacial score (nSPS) is 13.2. The molecule has 1 unspecified atom stereocenters. The second-order valence-corrected chi connectivity index (χ2v) is 6.92. The SMILES string of the molecule is CC(C)c1cc(C(=O)N(C)C(C)C(C)(C)C)cc(NN)n1. The number of rotatable bonds is 4. The lowest BCUT2D eigenvalue weighted by Crippen LogP contribution is -2.43. The molecule has 1 aromatic heterocycles. The van der Waals surface area contributed by atoms with Crippen LogP contribution in [0.3, 0.4) is 0 Å². The first-order valence-electron chi connectivity index (χ1n) is 7.33. The fourth-order valence-corrected chi connectivity index (χ4v) is 2.01. The summed E-state index contributed by atoms with van der Waals surface area (Å²) in [4.78, 5) is 18.9. The van der Waals surface area contributed by atoms with Gasteiger partial charge in [0.25, 0.3) is 5.91 Å². The third-order valence-electron chi connectivity index (χ3n) is 3.99. The molecule has 1 amide bonds. The molecule has 3 N–H and O–H groups in total. The molecular weight excluding hydrogens is 264 g/mol. The van der Waals surface area contributed by atoms with Crippen molar-refractivity contribution >= 4 is 11.7 Å². The minimum Gasteiger partial charge on any atom is -0.338 e. The van der Waals surface area contributed by atoms with Crippen LogP contribution < -0.4 is 11.3 Å². The molecule has 0 fully saturated rings. The Kier molecular flexibility index (Phi) is 5.34. The van der Waals surface area contributed by atoms with Gasteiger partial charge in [-0.25, -0.2) is 10.8 Å². The number of hydrogen-bond acceptors (Lipinski definition) is 4. The van der Waals surface area contributed by atoms with Crippen LogP contribution in [0.2, 0.25) is 0 Å². The molecule has 5 nitrogen and oxygen atoms in total. The van der Waals surface area contributed by atoms with Crippen molar-refractivity contribution in [3.05, 3.63) is 23.4 Å². The van der Waals surface area contributed by atoms with Gasteiger partial charge in [0.05, 0.1) is 0 Å². The van der Waals surface area contributed by atoms with E-state index in [0.717, 1.165) is 5.69 Å². The second kappa shape index (κ2) is 6.43. The van der Waals surface area contributed by atoms with E-state index in [-0.39, 0.29) is 23.3 Å². The van der Waals surface area contributed by atoms with Crippen LogP contribution in [0.1, 0.15) is 63.5 Å². The summed E-state index contributed by atoms with van der Waals surface area (Å²) in [5.41, 5.74) is 4.02. The molecular formula is C16H28N4O. The number of anilines is 1. The van der Waals surface area contributed by atoms with Crippen molar-refractivity contribution in [1.29, 1.82) is 0 Å². The summed E-state index contributed by atoms with van der Waals surface area (Å²) in [5, 5.41) is 0. The van der Waals surface area contributed by atoms with Gasteiger partial charge in [-0.15, -0.1) is 0 Å². The topological polar surface area (TPSA) is 71.2 Å². The maximum Gasteiger partial charge on any atom is 0.254 e. The Morgan fingerprint density at radius 2 is 1.86 bits per heavy atom. The van der Waals surface area contributed by atoms with Gasteiger partial charge >= 0.3 is 0 Å². The summed E-state index contributed by atoms with van der Waals surface area (Å²) in [6.07, 6.45) is 0. The van der Waals surface area contributed by atoms with Crippen molar-refractivity contribution in [2.75, 3.05) is 12.5 Å². The van der Waals surface area contributed by atoms with Gasteiger partial charge in [-0.1, -0.05) is 34.6 Å². The Morgan fingerprint density at radius 3 is 2.29 bits per heavy atom. The molecule has 1 atom stereocenters. The number of hydrogen-bond donors (Lipinski definition) is 2. The van der Waals surface area contributed by atoms with Crippen LogP contribution in [0.15, 0.2) is 12.1 Å². The fraction of sp³-hybridized carbons (Fsp3) is 0.625. The summed E-state index contributed by atoms with van der Waals surface area (Å²) in [6, 6.07) is 3.66. The van der Waals surface area contributed by atoms with Crippen LogP contribution >= 0.6 is 0 Å². The van der Waals surface area contributed by atoms with E-state index < -0.39 is 0 Å². The molecule has 1 rings (SSSR count). The molecule has 0 aliphatic carbocycles. The Balaban J connectivity index is 3.15. The molecule has 21 heavy (non-hydrogen) atoms. The number of carbonyl (C=O) groups excluding carboxylic acids is 1. The highest BCUT2D eigenvalue weighted by Crippen LogP contribution is 2.25. The minimum atomic E-state index is -0.0155. The van der Waals surface area contributed by atoms with Gasteiger partial charge in [0.15, 0.2) is 0 Å². The molecule has 1 heterocycles. The summed E-state index contributed by atoms with van der Waals surface area (Å²) < 4.78 is 0. The van der Waals surface area contributed by atoms with Gasteiger partial charge in [0.1, 0.15) is 5.82 Å². The second-order valence-electron chi connectivity index (χ2n) is 6.92. The van der Waals surface area contributed by atoms with Crippen molar-refractivity contribution in [1.82, 2.24) is 9.88 Å². The number of nitrogen functional groups attached to an aromatic ring is 1. The van der Waals surface area contributed by atoms with Gasteiger partial charge in [-0.05, 0) is 30.4 Å². The molecule has 0 saturated carbocycles. The standard InChI is InChI=1S/C16H28N4O/c1-10(2)13-8-12(9-14(18-13)19-17)15(21)20(7)11(3)16(4,5)6/h8-11H,17H2,1-7H3,(H,18,19). The number of nitrogens with one attached hydrogen (secondary N) is 1. The van der Waals surface area contributed by atoms with Crippen LogP contribution in [0.4, 0.5) is 5.82 Å². The van der Waals surface area contributed by atoms with E-state index in [0.29, 0.717) is 11.4 Å². The predicted octanol–water partition coefficient (Wildman–Crippen LogP) is 3.00. The first-order valence-corrected chi connectivity index (χ1v) is 7.33. The highest BCUT2D eigenvalue weighted by Gasteiger charge is 2.28. The largest absolute Gasteiger partial charge is 0.338 e. The van der Waals surface area contributed by atoms with E-state index in [2.05, 4.69) is 38.1 Å². The molecule has 118 valence electrons. The first-order chi connectivity index (χ1) is 9.57. The summed E-state index contributed by atoms with van der Waals surface area (Å²) in [7, 11) is 1.84. The highest BCUT2D eigenvalue weighted by atomic mass is 16.2. The average Bonchev–Trinajstić information content (AvgIpc) is 2.43. The third kappa shape index (κ3) is 4.17. The molecule has 0 aliphatic rings. The number of hydrazine groups is 1. The molecule has 0 aromatic carbocycles. The van der Waals surface area contributed by atoms with Crippen molar-refractivity contribution in [3.8, 4) is 0 Å². The van der Waals surface area contributed by atoms with Crippen molar-refractivity contribution in [2.45, 2.75) is 53.5 Å². The lowest BCUT2D eigenvalue weighted by molar-refractivity contribution is 0.0629. The van der Waals surface area contributed by atoms with Crippen molar-refractivity contribution in [3.63, 3.8) is 0 Å². The van der Waals surface area contributed by atoms with Crippen molar-refractivity contribution < 1.29 is 4.79 Å². The zero-order chi connectivity index (χ0) is 16.4. The maximum absolute atomic E-state index is 12.7. The summed E-state index contributed by atoms with van der Waals surface area (Å²) >= 11 is 0. The third-order valence-corrected chi connectivity index (χ3v) is 3.99. The van der Waals surface area contributed by atoms with E-state index in [9.17, 15) is 4.79 Å². The molecule has 0 bridgehead atoms. The van der Waals surface area contributed by atoms with E-state index in [1.165, 1.54) is 0 Å².